The molecule has 128 valence electrons. The molecule has 0 aliphatic heterocycles. The smallest absolute Gasteiger partial charge is 0.265 e. The molecule has 3 aromatic rings. The van der Waals surface area contributed by atoms with Gasteiger partial charge in [-0.2, -0.15) is 0 Å². The molecule has 0 saturated heterocycles. The van der Waals surface area contributed by atoms with Crippen LogP contribution in [0.15, 0.2) is 53.9 Å². The van der Waals surface area contributed by atoms with Gasteiger partial charge in [0.05, 0.1) is 4.88 Å². The molecule has 3 nitrogen and oxygen atoms in total. The minimum atomic E-state index is -0.298. The van der Waals surface area contributed by atoms with Crippen LogP contribution in [0.25, 0.3) is 0 Å². The lowest BCUT2D eigenvalue weighted by Gasteiger charge is -2.06. The van der Waals surface area contributed by atoms with Crippen molar-refractivity contribution >= 4 is 22.9 Å². The van der Waals surface area contributed by atoms with Crippen LogP contribution in [0.5, 0.6) is 5.75 Å². The van der Waals surface area contributed by atoms with Gasteiger partial charge in [-0.15, -0.1) is 11.3 Å². The van der Waals surface area contributed by atoms with Crippen molar-refractivity contribution < 1.29 is 13.9 Å². The molecule has 1 amide bonds. The van der Waals surface area contributed by atoms with Crippen LogP contribution in [0, 0.1) is 19.7 Å². The normalized spacial score (nSPS) is 10.5. The second kappa shape index (κ2) is 7.49. The highest BCUT2D eigenvalue weighted by molar-refractivity contribution is 7.12. The maximum absolute atomic E-state index is 12.9. The fourth-order valence-electron chi connectivity index (χ4n) is 2.28. The molecular weight excluding hydrogens is 337 g/mol. The summed E-state index contributed by atoms with van der Waals surface area (Å²) in [6, 6.07) is 13.5. The Hall–Kier alpha value is -2.66. The van der Waals surface area contributed by atoms with Gasteiger partial charge >= 0.3 is 0 Å². The van der Waals surface area contributed by atoms with Crippen molar-refractivity contribution in [2.45, 2.75) is 20.5 Å². The van der Waals surface area contributed by atoms with E-state index in [0.717, 1.165) is 16.8 Å². The van der Waals surface area contributed by atoms with Gasteiger partial charge in [-0.05, 0) is 72.8 Å². The van der Waals surface area contributed by atoms with Crippen LogP contribution in [0.2, 0.25) is 0 Å². The number of nitrogens with one attached hydrogen (secondary N) is 1. The molecule has 1 aromatic heterocycles. The zero-order valence-electron chi connectivity index (χ0n) is 14.0. The summed E-state index contributed by atoms with van der Waals surface area (Å²) in [7, 11) is 0. The predicted octanol–water partition coefficient (Wildman–Crippen LogP) is 5.34. The summed E-state index contributed by atoms with van der Waals surface area (Å²) in [5.74, 6) is 0.156. The van der Waals surface area contributed by atoms with E-state index in [-0.39, 0.29) is 11.7 Å². The van der Waals surface area contributed by atoms with E-state index >= 15 is 0 Å². The van der Waals surface area contributed by atoms with Gasteiger partial charge in [0.1, 0.15) is 18.2 Å². The number of halogens is 1. The van der Waals surface area contributed by atoms with Crippen molar-refractivity contribution in [2.75, 3.05) is 5.32 Å². The summed E-state index contributed by atoms with van der Waals surface area (Å²) >= 11 is 1.37. The first kappa shape index (κ1) is 17.2. The van der Waals surface area contributed by atoms with E-state index in [1.165, 1.54) is 29.0 Å². The number of ether oxygens (including phenoxy) is 1. The first-order chi connectivity index (χ1) is 12.0. The van der Waals surface area contributed by atoms with Gasteiger partial charge in [0.25, 0.3) is 5.91 Å². The number of thiophene rings is 1. The molecule has 0 fully saturated rings. The van der Waals surface area contributed by atoms with Gasteiger partial charge in [0.2, 0.25) is 0 Å². The Kier molecular flexibility index (Phi) is 5.14. The Morgan fingerprint density at radius 3 is 2.56 bits per heavy atom. The molecule has 0 spiro atoms. The molecule has 3 rings (SSSR count). The lowest BCUT2D eigenvalue weighted by Crippen LogP contribution is -2.10. The lowest BCUT2D eigenvalue weighted by molar-refractivity contribution is 0.103. The van der Waals surface area contributed by atoms with Crippen LogP contribution >= 0.6 is 11.3 Å². The van der Waals surface area contributed by atoms with E-state index < -0.39 is 0 Å². The summed E-state index contributed by atoms with van der Waals surface area (Å²) < 4.78 is 18.5. The van der Waals surface area contributed by atoms with Crippen LogP contribution in [0.1, 0.15) is 26.4 Å². The third-order valence-electron chi connectivity index (χ3n) is 3.86. The third kappa shape index (κ3) is 4.45. The molecule has 5 heteroatoms. The quantitative estimate of drug-likeness (QED) is 0.671. The average Bonchev–Trinajstić information content (AvgIpc) is 3.07. The Labute approximate surface area is 150 Å². The number of carbonyl (C=O) groups excluding carboxylic acids is 1. The largest absolute Gasteiger partial charge is 0.489 e. The molecule has 0 aliphatic rings. The number of anilines is 1. The van der Waals surface area contributed by atoms with Gasteiger partial charge in [-0.1, -0.05) is 6.07 Å². The van der Waals surface area contributed by atoms with E-state index in [9.17, 15) is 9.18 Å². The molecule has 25 heavy (non-hydrogen) atoms. The van der Waals surface area contributed by atoms with Crippen LogP contribution in [0.4, 0.5) is 10.1 Å². The molecule has 0 atom stereocenters. The van der Waals surface area contributed by atoms with Gasteiger partial charge in [0.15, 0.2) is 0 Å². The molecule has 0 unspecified atom stereocenters. The predicted molar refractivity (Wildman–Crippen MR) is 98.9 cm³/mol. The molecular formula is C20H18FNO2S. The highest BCUT2D eigenvalue weighted by atomic mass is 32.1. The van der Waals surface area contributed by atoms with Crippen molar-refractivity contribution in [1.82, 2.24) is 0 Å². The zero-order valence-corrected chi connectivity index (χ0v) is 14.8. The average molecular weight is 355 g/mol. The van der Waals surface area contributed by atoms with Crippen molar-refractivity contribution in [3.63, 3.8) is 0 Å². The fraction of sp³-hybridized carbons (Fsp3) is 0.150. The lowest BCUT2D eigenvalue weighted by atomic mass is 10.1. The van der Waals surface area contributed by atoms with Gasteiger partial charge in [0, 0.05) is 11.3 Å². The SMILES string of the molecule is Cc1ccc(NC(=O)c2cc(COc3ccc(F)cc3)cs2)cc1C. The summed E-state index contributed by atoms with van der Waals surface area (Å²) in [4.78, 5) is 13.0. The topological polar surface area (TPSA) is 38.3 Å². The molecule has 2 aromatic carbocycles. The summed E-state index contributed by atoms with van der Waals surface area (Å²) in [6.07, 6.45) is 0. The minimum Gasteiger partial charge on any atom is -0.489 e. The fourth-order valence-corrected chi connectivity index (χ4v) is 3.07. The summed E-state index contributed by atoms with van der Waals surface area (Å²) in [5, 5.41) is 4.80. The first-order valence-corrected chi connectivity index (χ1v) is 8.73. The summed E-state index contributed by atoms with van der Waals surface area (Å²) in [5.41, 5.74) is 4.01. The van der Waals surface area contributed by atoms with Crippen LogP contribution in [-0.4, -0.2) is 5.91 Å². The van der Waals surface area contributed by atoms with Crippen LogP contribution in [0.3, 0.4) is 0 Å². The number of aryl methyl sites for hydroxylation is 2. The Morgan fingerprint density at radius 2 is 1.84 bits per heavy atom. The van der Waals surface area contributed by atoms with E-state index in [1.807, 2.05) is 43.5 Å². The number of carbonyl (C=O) groups is 1. The molecule has 0 saturated carbocycles. The van der Waals surface area contributed by atoms with Crippen molar-refractivity contribution in [3.8, 4) is 5.75 Å². The van der Waals surface area contributed by atoms with Gasteiger partial charge < -0.3 is 10.1 Å². The van der Waals surface area contributed by atoms with Crippen molar-refractivity contribution in [2.24, 2.45) is 0 Å². The van der Waals surface area contributed by atoms with Crippen LogP contribution < -0.4 is 10.1 Å². The number of hydrogen-bond donors (Lipinski definition) is 1. The maximum Gasteiger partial charge on any atom is 0.265 e. The van der Waals surface area contributed by atoms with Gasteiger partial charge in [-0.25, -0.2) is 4.39 Å². The van der Waals surface area contributed by atoms with E-state index in [0.29, 0.717) is 17.2 Å². The molecule has 0 radical (unpaired) electrons. The van der Waals surface area contributed by atoms with E-state index in [4.69, 9.17) is 4.74 Å². The number of rotatable bonds is 5. The maximum atomic E-state index is 12.9. The van der Waals surface area contributed by atoms with E-state index in [1.54, 1.807) is 12.1 Å². The first-order valence-electron chi connectivity index (χ1n) is 7.85. The second-order valence-corrected chi connectivity index (χ2v) is 6.73. The van der Waals surface area contributed by atoms with Crippen molar-refractivity contribution in [3.05, 3.63) is 81.3 Å². The van der Waals surface area contributed by atoms with Gasteiger partial charge in [-0.3, -0.25) is 4.79 Å². The standard InChI is InChI=1S/C20H18FNO2S/c1-13-3-6-17(9-14(13)2)22-20(23)19-10-15(12-25-19)11-24-18-7-4-16(21)5-8-18/h3-10,12H,11H2,1-2H3,(H,22,23). The Morgan fingerprint density at radius 1 is 1.08 bits per heavy atom. The zero-order chi connectivity index (χ0) is 17.8. The summed E-state index contributed by atoms with van der Waals surface area (Å²) in [6.45, 7) is 4.38. The number of amides is 1. The highest BCUT2D eigenvalue weighted by Gasteiger charge is 2.10. The molecule has 0 aliphatic carbocycles. The Balaban J connectivity index is 1.61. The monoisotopic (exact) mass is 355 g/mol. The van der Waals surface area contributed by atoms with E-state index in [2.05, 4.69) is 5.32 Å². The number of benzene rings is 2. The minimum absolute atomic E-state index is 0.138. The molecule has 0 bridgehead atoms. The molecule has 1 heterocycles. The highest BCUT2D eigenvalue weighted by Crippen LogP contribution is 2.20. The molecule has 1 N–H and O–H groups in total. The third-order valence-corrected chi connectivity index (χ3v) is 4.84. The second-order valence-electron chi connectivity index (χ2n) is 5.81. The Bertz CT molecular complexity index is 887. The van der Waals surface area contributed by atoms with Crippen LogP contribution in [-0.2, 0) is 6.61 Å². The van der Waals surface area contributed by atoms with Crippen molar-refractivity contribution in [1.29, 1.82) is 0 Å². The number of hydrogen-bond acceptors (Lipinski definition) is 3.